The first-order valence-corrected chi connectivity index (χ1v) is 21.0. The third-order valence-corrected chi connectivity index (χ3v) is 13.8. The molecule has 0 amide bonds. The molecule has 4 saturated carbocycles. The molecule has 0 aliphatic heterocycles. The molecule has 5 rings (SSSR count). The largest absolute Gasteiger partial charge is 0.466 e. The van der Waals surface area contributed by atoms with Crippen LogP contribution >= 0.6 is 0 Å². The van der Waals surface area contributed by atoms with Gasteiger partial charge in [0.15, 0.2) is 14.1 Å². The number of aryl methyl sites for hydroxylation is 1. The first-order chi connectivity index (χ1) is 20.3. The molecule has 3 unspecified atom stereocenters. The second-order valence-corrected chi connectivity index (χ2v) is 20.7. The van der Waals surface area contributed by atoms with Gasteiger partial charge in [-0.1, -0.05) is 34.1 Å². The lowest BCUT2D eigenvalue weighted by Gasteiger charge is -2.66. The Morgan fingerprint density at radius 1 is 1.07 bits per heavy atom. The summed E-state index contributed by atoms with van der Waals surface area (Å²) in [6, 6.07) is 0. The van der Waals surface area contributed by atoms with Gasteiger partial charge in [-0.15, -0.1) is 5.10 Å². The minimum atomic E-state index is -1.76. The minimum absolute atomic E-state index is 0.124. The number of esters is 1. The molecule has 244 valence electrons. The maximum Gasteiger partial charge on any atom is 0.313 e. The number of aliphatic hydroxyl groups excluding tert-OH is 1. The molecule has 0 spiro atoms. The highest BCUT2D eigenvalue weighted by Gasteiger charge is 2.65. The van der Waals surface area contributed by atoms with Crippen LogP contribution in [0.1, 0.15) is 105 Å². The zero-order valence-corrected chi connectivity index (χ0v) is 29.3. The van der Waals surface area contributed by atoms with Gasteiger partial charge >= 0.3 is 5.97 Å². The molecule has 0 aromatic carbocycles. The molecular formula is C34H60N4O4Si. The molecule has 11 atom stereocenters. The van der Waals surface area contributed by atoms with Crippen molar-refractivity contribution in [3.63, 3.8) is 0 Å². The van der Waals surface area contributed by atoms with Crippen LogP contribution in [0, 0.1) is 52.3 Å². The van der Waals surface area contributed by atoms with E-state index >= 15 is 0 Å². The van der Waals surface area contributed by atoms with Gasteiger partial charge in [-0.05, 0) is 147 Å². The molecular weight excluding hydrogens is 556 g/mol. The Kier molecular flexibility index (Phi) is 9.85. The predicted molar refractivity (Wildman–Crippen MR) is 171 cm³/mol. The van der Waals surface area contributed by atoms with E-state index in [4.69, 9.17) is 9.16 Å². The van der Waals surface area contributed by atoms with E-state index in [1.807, 2.05) is 6.92 Å². The van der Waals surface area contributed by atoms with Gasteiger partial charge in [0, 0.05) is 6.54 Å². The van der Waals surface area contributed by atoms with E-state index in [1.165, 1.54) is 32.1 Å². The summed E-state index contributed by atoms with van der Waals surface area (Å²) >= 11 is 0. The predicted octanol–water partition coefficient (Wildman–Crippen LogP) is 6.68. The maximum absolute atomic E-state index is 12.0. The van der Waals surface area contributed by atoms with E-state index < -0.39 is 8.32 Å². The minimum Gasteiger partial charge on any atom is -0.466 e. The number of hydrogen-bond donors (Lipinski definition) is 1. The van der Waals surface area contributed by atoms with Gasteiger partial charge in [0.1, 0.15) is 6.42 Å². The van der Waals surface area contributed by atoms with Crippen molar-refractivity contribution < 1.29 is 19.1 Å². The summed E-state index contributed by atoms with van der Waals surface area (Å²) in [6.45, 7) is 20.2. The summed E-state index contributed by atoms with van der Waals surface area (Å²) in [4.78, 5) is 12.0. The van der Waals surface area contributed by atoms with E-state index in [2.05, 4.69) is 62.9 Å². The first-order valence-electron chi connectivity index (χ1n) is 17.6. The molecule has 4 fully saturated rings. The fourth-order valence-electron chi connectivity index (χ4n) is 11.1. The number of tetrazole rings is 1. The lowest BCUT2D eigenvalue weighted by molar-refractivity contribution is -0.198. The van der Waals surface area contributed by atoms with Crippen LogP contribution in [-0.4, -0.2) is 58.4 Å². The monoisotopic (exact) mass is 616 g/mol. The summed E-state index contributed by atoms with van der Waals surface area (Å²) in [5.74, 6) is 4.85. The molecule has 43 heavy (non-hydrogen) atoms. The van der Waals surface area contributed by atoms with Crippen molar-refractivity contribution in [2.45, 2.75) is 144 Å². The number of ether oxygens (including phenoxy) is 1. The molecule has 4 aliphatic rings. The van der Waals surface area contributed by atoms with Crippen molar-refractivity contribution in [3.05, 3.63) is 5.82 Å². The van der Waals surface area contributed by atoms with E-state index in [0.29, 0.717) is 59.0 Å². The Morgan fingerprint density at radius 3 is 2.49 bits per heavy atom. The number of hydrogen-bond acceptors (Lipinski definition) is 7. The highest BCUT2D eigenvalue weighted by molar-refractivity contribution is 6.69. The third-order valence-electron chi connectivity index (χ3n) is 12.9. The molecule has 9 heteroatoms. The molecule has 1 aromatic rings. The van der Waals surface area contributed by atoms with Crippen molar-refractivity contribution in [3.8, 4) is 0 Å². The summed E-state index contributed by atoms with van der Waals surface area (Å²) in [5, 5.41) is 22.9. The van der Waals surface area contributed by atoms with Crippen molar-refractivity contribution in [2.24, 2.45) is 52.3 Å². The number of aromatic nitrogens is 4. The Labute approximate surface area is 261 Å². The normalized spacial score (nSPS) is 39.9. The van der Waals surface area contributed by atoms with Crippen LogP contribution in [0.25, 0.3) is 0 Å². The smallest absolute Gasteiger partial charge is 0.313 e. The zero-order valence-electron chi connectivity index (χ0n) is 28.3. The van der Waals surface area contributed by atoms with Gasteiger partial charge in [-0.2, -0.15) is 0 Å². The van der Waals surface area contributed by atoms with Crippen molar-refractivity contribution in [1.29, 1.82) is 0 Å². The van der Waals surface area contributed by atoms with Crippen LogP contribution in [0.15, 0.2) is 0 Å². The Bertz CT molecular complexity index is 1110. The summed E-state index contributed by atoms with van der Waals surface area (Å²) in [6.07, 6.45) is 12.0. The highest BCUT2D eigenvalue weighted by atomic mass is 28.4. The highest BCUT2D eigenvalue weighted by Crippen LogP contribution is 2.70. The number of fused-ring (bicyclic) bond motifs is 5. The second kappa shape index (κ2) is 12.8. The number of nitrogens with zero attached hydrogens (tertiary/aromatic N) is 4. The number of carbonyl (C=O) groups excluding carboxylic acids is 1. The average Bonchev–Trinajstić information content (AvgIpc) is 3.52. The summed E-state index contributed by atoms with van der Waals surface area (Å²) < 4.78 is 14.2. The lowest BCUT2D eigenvalue weighted by atomic mass is 9.41. The number of carbonyl (C=O) groups is 1. The molecule has 0 saturated heterocycles. The molecule has 4 aliphatic carbocycles. The third kappa shape index (κ3) is 6.38. The molecule has 1 aromatic heterocycles. The quantitative estimate of drug-likeness (QED) is 0.219. The maximum atomic E-state index is 12.0. The van der Waals surface area contributed by atoms with Crippen LogP contribution in [0.3, 0.4) is 0 Å². The Balaban J connectivity index is 1.32. The Morgan fingerprint density at radius 2 is 1.79 bits per heavy atom. The summed E-state index contributed by atoms with van der Waals surface area (Å²) in [5.41, 5.74) is 0.670. The van der Waals surface area contributed by atoms with Gasteiger partial charge in [-0.3, -0.25) is 4.79 Å². The topological polar surface area (TPSA) is 99.4 Å². The number of aliphatic hydroxyl groups is 1. The van der Waals surface area contributed by atoms with Crippen LogP contribution in [0.5, 0.6) is 0 Å². The first kappa shape index (κ1) is 33.1. The van der Waals surface area contributed by atoms with Crippen LogP contribution in [-0.2, 0) is 26.9 Å². The molecule has 1 heterocycles. The SMILES string of the molecule is CCOC(=O)Cc1nnnn1CCC[C@@H](C)[C@H]1CC[C@H]2C3[C@H](O[Si](C)(C)C)[C@H](CC)C4C[C@H](O)CC[C@@]4(C)[C@H]3CCC12C. The van der Waals surface area contributed by atoms with Crippen LogP contribution < -0.4 is 0 Å². The van der Waals surface area contributed by atoms with E-state index in [0.717, 1.165) is 50.5 Å². The van der Waals surface area contributed by atoms with Gasteiger partial charge in [0.05, 0.1) is 18.8 Å². The molecule has 8 nitrogen and oxygen atoms in total. The number of rotatable bonds is 11. The van der Waals surface area contributed by atoms with Crippen molar-refractivity contribution in [2.75, 3.05) is 6.61 Å². The fraction of sp³-hybridized carbons (Fsp3) is 0.941. The van der Waals surface area contributed by atoms with Crippen LogP contribution in [0.4, 0.5) is 0 Å². The standard InChI is InChI=1S/C34H60N4O4Si/c1-9-24-28-20-23(39)15-17-34(28,5)27-16-18-33(4)25(13-14-26(33)31(27)32(24)42-43(6,7)8)22(3)12-11-19-38-29(35-36-37-38)21-30(40)41-10-2/h22-28,31-32,39H,9-21H2,1-8H3/t22-,23-,24-,25-,26+,27+,28?,31?,32-,33?,34+/m1/s1. The average molecular weight is 617 g/mol. The van der Waals surface area contributed by atoms with Gasteiger partial charge in [0.25, 0.3) is 0 Å². The van der Waals surface area contributed by atoms with Crippen molar-refractivity contribution in [1.82, 2.24) is 20.2 Å². The van der Waals surface area contributed by atoms with E-state index in [-0.39, 0.29) is 18.5 Å². The van der Waals surface area contributed by atoms with E-state index in [1.54, 1.807) is 4.68 Å². The van der Waals surface area contributed by atoms with E-state index in [9.17, 15) is 9.90 Å². The fourth-order valence-corrected chi connectivity index (χ4v) is 12.2. The lowest BCUT2D eigenvalue weighted by Crippen LogP contribution is -2.63. The van der Waals surface area contributed by atoms with Gasteiger partial charge < -0.3 is 14.3 Å². The molecule has 1 N–H and O–H groups in total. The molecule has 0 radical (unpaired) electrons. The van der Waals surface area contributed by atoms with Crippen LogP contribution in [0.2, 0.25) is 19.6 Å². The van der Waals surface area contributed by atoms with Crippen molar-refractivity contribution >= 4 is 14.3 Å². The zero-order chi connectivity index (χ0) is 31.2. The van der Waals surface area contributed by atoms with Gasteiger partial charge in [0.2, 0.25) is 0 Å². The summed E-state index contributed by atoms with van der Waals surface area (Å²) in [7, 11) is -1.76. The Hall–Kier alpha value is -1.32. The second-order valence-electron chi connectivity index (χ2n) is 16.2. The van der Waals surface area contributed by atoms with Gasteiger partial charge in [-0.25, -0.2) is 4.68 Å². The molecule has 0 bridgehead atoms.